The second-order valence-electron chi connectivity index (χ2n) is 5.59. The number of hydrogen-bond donors (Lipinski definition) is 1. The summed E-state index contributed by atoms with van der Waals surface area (Å²) in [5.74, 6) is -1.43. The largest absolute Gasteiger partial charge is 0.321 e. The quantitative estimate of drug-likeness (QED) is 0.564. The maximum Gasteiger partial charge on any atom is 0.275 e. The molecule has 27 heavy (non-hydrogen) atoms. The van der Waals surface area contributed by atoms with E-state index in [9.17, 15) is 13.6 Å². The monoisotopic (exact) mass is 382 g/mol. The van der Waals surface area contributed by atoms with Crippen LogP contribution in [0.25, 0.3) is 16.3 Å². The van der Waals surface area contributed by atoms with E-state index < -0.39 is 17.5 Å². The third-order valence-electron chi connectivity index (χ3n) is 3.80. The Kier molecular flexibility index (Phi) is 4.47. The van der Waals surface area contributed by atoms with E-state index in [4.69, 9.17) is 0 Å². The van der Waals surface area contributed by atoms with Crippen LogP contribution >= 0.6 is 11.3 Å². The van der Waals surface area contributed by atoms with Gasteiger partial charge in [0.1, 0.15) is 22.2 Å². The van der Waals surface area contributed by atoms with Crippen LogP contribution in [0.5, 0.6) is 0 Å². The smallest absolute Gasteiger partial charge is 0.275 e. The predicted molar refractivity (Wildman–Crippen MR) is 99.0 cm³/mol. The molecule has 4 rings (SSSR count). The van der Waals surface area contributed by atoms with Crippen molar-refractivity contribution in [1.82, 2.24) is 14.8 Å². The standard InChI is InChI=1S/C19H12F2N4OS/c20-14-5-2-1-4-13(14)19-24-16(11-27-19)18(26)23-12-6-7-17(15(21)10-12)25-9-3-8-22-25/h1-11H,(H,23,26). The summed E-state index contributed by atoms with van der Waals surface area (Å²) in [7, 11) is 0. The molecule has 0 saturated heterocycles. The van der Waals surface area contributed by atoms with E-state index in [0.29, 0.717) is 10.6 Å². The first-order valence-electron chi connectivity index (χ1n) is 7.93. The van der Waals surface area contributed by atoms with Crippen LogP contribution in [0.1, 0.15) is 10.5 Å². The third kappa shape index (κ3) is 3.47. The molecule has 0 radical (unpaired) electrons. The molecule has 0 fully saturated rings. The second kappa shape index (κ2) is 7.08. The van der Waals surface area contributed by atoms with Gasteiger partial charge in [-0.05, 0) is 36.4 Å². The van der Waals surface area contributed by atoms with E-state index in [-0.39, 0.29) is 17.1 Å². The molecule has 0 unspecified atom stereocenters. The number of nitrogens with zero attached hydrogens (tertiary/aromatic N) is 3. The Labute approximate surface area is 156 Å². The van der Waals surface area contributed by atoms with Crippen molar-refractivity contribution in [2.45, 2.75) is 0 Å². The normalized spacial score (nSPS) is 10.7. The zero-order valence-electron chi connectivity index (χ0n) is 13.8. The number of thiazole rings is 1. The molecule has 4 aromatic rings. The number of carbonyl (C=O) groups is 1. The van der Waals surface area contributed by atoms with Crippen molar-refractivity contribution in [1.29, 1.82) is 0 Å². The molecule has 134 valence electrons. The number of amides is 1. The summed E-state index contributed by atoms with van der Waals surface area (Å²) in [4.78, 5) is 16.5. The van der Waals surface area contributed by atoms with Crippen LogP contribution in [0, 0.1) is 11.6 Å². The summed E-state index contributed by atoms with van der Waals surface area (Å²) in [6, 6.07) is 12.2. The van der Waals surface area contributed by atoms with Crippen molar-refractivity contribution in [3.8, 4) is 16.3 Å². The maximum absolute atomic E-state index is 14.3. The fourth-order valence-corrected chi connectivity index (χ4v) is 3.34. The minimum atomic E-state index is -0.526. The van der Waals surface area contributed by atoms with Gasteiger partial charge in [-0.1, -0.05) is 12.1 Å². The first-order valence-corrected chi connectivity index (χ1v) is 8.81. The lowest BCUT2D eigenvalue weighted by Gasteiger charge is -2.07. The molecule has 0 saturated carbocycles. The SMILES string of the molecule is O=C(Nc1ccc(-n2cccn2)c(F)c1)c1csc(-c2ccccc2F)n1. The Balaban J connectivity index is 1.53. The van der Waals surface area contributed by atoms with Gasteiger partial charge in [0.25, 0.3) is 5.91 Å². The topological polar surface area (TPSA) is 59.8 Å². The van der Waals surface area contributed by atoms with Gasteiger partial charge in [-0.15, -0.1) is 11.3 Å². The Bertz CT molecular complexity index is 1110. The number of benzene rings is 2. The molecular formula is C19H12F2N4OS. The molecule has 5 nitrogen and oxygen atoms in total. The van der Waals surface area contributed by atoms with E-state index in [0.717, 1.165) is 11.3 Å². The van der Waals surface area contributed by atoms with Gasteiger partial charge in [-0.25, -0.2) is 18.4 Å². The van der Waals surface area contributed by atoms with Gasteiger partial charge in [0.2, 0.25) is 0 Å². The Morgan fingerprint density at radius 2 is 1.93 bits per heavy atom. The van der Waals surface area contributed by atoms with Crippen molar-refractivity contribution >= 4 is 22.9 Å². The molecular weight excluding hydrogens is 370 g/mol. The first-order chi connectivity index (χ1) is 13.1. The van der Waals surface area contributed by atoms with Gasteiger partial charge < -0.3 is 5.32 Å². The minimum Gasteiger partial charge on any atom is -0.321 e. The molecule has 0 bridgehead atoms. The van der Waals surface area contributed by atoms with E-state index in [1.807, 2.05) is 0 Å². The molecule has 0 spiro atoms. The van der Waals surface area contributed by atoms with Gasteiger partial charge in [0.05, 0.1) is 0 Å². The van der Waals surface area contributed by atoms with Gasteiger partial charge >= 0.3 is 0 Å². The second-order valence-corrected chi connectivity index (χ2v) is 6.45. The fourth-order valence-electron chi connectivity index (χ4n) is 2.51. The average molecular weight is 382 g/mol. The molecule has 8 heteroatoms. The maximum atomic E-state index is 14.3. The zero-order chi connectivity index (χ0) is 18.8. The number of rotatable bonds is 4. The first kappa shape index (κ1) is 17.0. The molecule has 0 aliphatic carbocycles. The Hall–Kier alpha value is -3.39. The third-order valence-corrected chi connectivity index (χ3v) is 4.67. The fraction of sp³-hybridized carbons (Fsp3) is 0. The zero-order valence-corrected chi connectivity index (χ0v) is 14.6. The summed E-state index contributed by atoms with van der Waals surface area (Å²) in [6.07, 6.45) is 3.17. The molecule has 2 aromatic carbocycles. The van der Waals surface area contributed by atoms with Crippen LogP contribution in [0.15, 0.2) is 66.3 Å². The molecule has 1 amide bonds. The van der Waals surface area contributed by atoms with Crippen molar-refractivity contribution in [2.24, 2.45) is 0 Å². The van der Waals surface area contributed by atoms with Crippen LogP contribution in [0.3, 0.4) is 0 Å². The van der Waals surface area contributed by atoms with Gasteiger partial charge in [-0.2, -0.15) is 5.10 Å². The van der Waals surface area contributed by atoms with Crippen LogP contribution < -0.4 is 5.32 Å². The highest BCUT2D eigenvalue weighted by Gasteiger charge is 2.15. The number of anilines is 1. The van der Waals surface area contributed by atoms with Gasteiger partial charge in [0, 0.05) is 29.0 Å². The average Bonchev–Trinajstić information content (AvgIpc) is 3.34. The van der Waals surface area contributed by atoms with E-state index in [1.54, 1.807) is 42.7 Å². The van der Waals surface area contributed by atoms with E-state index >= 15 is 0 Å². The van der Waals surface area contributed by atoms with Gasteiger partial charge in [-0.3, -0.25) is 4.79 Å². The predicted octanol–water partition coefficient (Wildman–Crippen LogP) is 4.53. The highest BCUT2D eigenvalue weighted by atomic mass is 32.1. The molecule has 2 aromatic heterocycles. The molecule has 1 N–H and O–H groups in total. The van der Waals surface area contributed by atoms with Crippen LogP contribution in [-0.2, 0) is 0 Å². The van der Waals surface area contributed by atoms with E-state index in [2.05, 4.69) is 15.4 Å². The summed E-state index contributed by atoms with van der Waals surface area (Å²) < 4.78 is 29.5. The number of aromatic nitrogens is 3. The van der Waals surface area contributed by atoms with Crippen molar-refractivity contribution < 1.29 is 13.6 Å². The summed E-state index contributed by atoms with van der Waals surface area (Å²) in [5.41, 5.74) is 1.02. The Morgan fingerprint density at radius 1 is 1.07 bits per heavy atom. The van der Waals surface area contributed by atoms with Crippen LogP contribution in [-0.4, -0.2) is 20.7 Å². The molecule has 0 aliphatic heterocycles. The Morgan fingerprint density at radius 3 is 2.67 bits per heavy atom. The van der Waals surface area contributed by atoms with Crippen molar-refractivity contribution in [3.05, 3.63) is 83.6 Å². The van der Waals surface area contributed by atoms with Crippen LogP contribution in [0.4, 0.5) is 14.5 Å². The number of halogens is 2. The van der Waals surface area contributed by atoms with Crippen LogP contribution in [0.2, 0.25) is 0 Å². The van der Waals surface area contributed by atoms with Gasteiger partial charge in [0.15, 0.2) is 5.82 Å². The number of hydrogen-bond acceptors (Lipinski definition) is 4. The summed E-state index contributed by atoms with van der Waals surface area (Å²) >= 11 is 1.16. The lowest BCUT2D eigenvalue weighted by atomic mass is 10.2. The summed E-state index contributed by atoms with van der Waals surface area (Å²) in [5, 5.41) is 8.50. The number of nitrogens with one attached hydrogen (secondary N) is 1. The summed E-state index contributed by atoms with van der Waals surface area (Å²) in [6.45, 7) is 0. The van der Waals surface area contributed by atoms with Crippen molar-refractivity contribution in [2.75, 3.05) is 5.32 Å². The highest BCUT2D eigenvalue weighted by Crippen LogP contribution is 2.26. The molecule has 0 aliphatic rings. The molecule has 2 heterocycles. The van der Waals surface area contributed by atoms with Crippen molar-refractivity contribution in [3.63, 3.8) is 0 Å². The molecule has 0 atom stereocenters. The minimum absolute atomic E-state index is 0.134. The lowest BCUT2D eigenvalue weighted by Crippen LogP contribution is -2.12. The number of carbonyl (C=O) groups excluding carboxylic acids is 1. The highest BCUT2D eigenvalue weighted by molar-refractivity contribution is 7.13. The lowest BCUT2D eigenvalue weighted by molar-refractivity contribution is 0.102. The van der Waals surface area contributed by atoms with E-state index in [1.165, 1.54) is 28.3 Å².